The summed E-state index contributed by atoms with van der Waals surface area (Å²) >= 11 is 0. The highest BCUT2D eigenvalue weighted by molar-refractivity contribution is 6.06. The number of allylic oxidation sites excluding steroid dienone is 1. The maximum atomic E-state index is 12.8. The van der Waals surface area contributed by atoms with Crippen molar-refractivity contribution in [1.82, 2.24) is 0 Å². The zero-order valence-corrected chi connectivity index (χ0v) is 11.8. The monoisotopic (exact) mass is 286 g/mol. The van der Waals surface area contributed by atoms with E-state index in [2.05, 4.69) is 0 Å². The largest absolute Gasteiger partial charge is 0.497 e. The summed E-state index contributed by atoms with van der Waals surface area (Å²) in [5.41, 5.74) is 1.15. The standard InChI is InChI=1S/C17H15FO3/c1-20-15-8-10-17(21-2)13(11-15)5-9-16(19)12-3-6-14(18)7-4-12/h3-11H,1-2H3/b9-5+. The van der Waals surface area contributed by atoms with E-state index in [4.69, 9.17) is 9.47 Å². The second kappa shape index (κ2) is 6.70. The minimum absolute atomic E-state index is 0.208. The average Bonchev–Trinajstić information content (AvgIpc) is 2.52. The molecule has 0 atom stereocenters. The van der Waals surface area contributed by atoms with Gasteiger partial charge in [0.1, 0.15) is 17.3 Å². The maximum Gasteiger partial charge on any atom is 0.185 e. The summed E-state index contributed by atoms with van der Waals surface area (Å²) in [6.45, 7) is 0. The lowest BCUT2D eigenvalue weighted by atomic mass is 10.1. The van der Waals surface area contributed by atoms with Crippen LogP contribution in [0.2, 0.25) is 0 Å². The third-order valence-corrected chi connectivity index (χ3v) is 2.98. The molecule has 0 radical (unpaired) electrons. The first kappa shape index (κ1) is 14.8. The number of carbonyl (C=O) groups is 1. The van der Waals surface area contributed by atoms with E-state index in [9.17, 15) is 9.18 Å². The van der Waals surface area contributed by atoms with Crippen molar-refractivity contribution < 1.29 is 18.7 Å². The Labute approximate surface area is 122 Å². The van der Waals surface area contributed by atoms with E-state index in [1.807, 2.05) is 0 Å². The summed E-state index contributed by atoms with van der Waals surface area (Å²) in [7, 11) is 3.12. The first-order chi connectivity index (χ1) is 10.1. The zero-order valence-electron chi connectivity index (χ0n) is 11.8. The Hall–Kier alpha value is -2.62. The molecule has 0 N–H and O–H groups in total. The molecule has 0 saturated carbocycles. The van der Waals surface area contributed by atoms with Gasteiger partial charge in [-0.15, -0.1) is 0 Å². The van der Waals surface area contributed by atoms with Crippen LogP contribution < -0.4 is 9.47 Å². The fourth-order valence-corrected chi connectivity index (χ4v) is 1.85. The quantitative estimate of drug-likeness (QED) is 0.620. The summed E-state index contributed by atoms with van der Waals surface area (Å²) in [5, 5.41) is 0. The van der Waals surface area contributed by atoms with Crippen LogP contribution in [0.1, 0.15) is 15.9 Å². The molecule has 0 heterocycles. The van der Waals surface area contributed by atoms with Crippen molar-refractivity contribution in [2.75, 3.05) is 14.2 Å². The first-order valence-electron chi connectivity index (χ1n) is 6.34. The summed E-state index contributed by atoms with van der Waals surface area (Å²) in [6, 6.07) is 10.7. The molecule has 2 rings (SSSR count). The van der Waals surface area contributed by atoms with Gasteiger partial charge in [-0.25, -0.2) is 4.39 Å². The molecule has 0 fully saturated rings. The molecule has 0 saturated heterocycles. The maximum absolute atomic E-state index is 12.8. The van der Waals surface area contributed by atoms with Gasteiger partial charge in [-0.05, 0) is 54.6 Å². The van der Waals surface area contributed by atoms with Gasteiger partial charge < -0.3 is 9.47 Å². The second-order valence-corrected chi connectivity index (χ2v) is 4.31. The van der Waals surface area contributed by atoms with Gasteiger partial charge in [0, 0.05) is 11.1 Å². The van der Waals surface area contributed by atoms with Gasteiger partial charge in [-0.1, -0.05) is 0 Å². The molecule has 0 amide bonds. The fourth-order valence-electron chi connectivity index (χ4n) is 1.85. The lowest BCUT2D eigenvalue weighted by molar-refractivity contribution is 0.104. The number of carbonyl (C=O) groups excluding carboxylic acids is 1. The summed E-state index contributed by atoms with van der Waals surface area (Å²) in [5.74, 6) is 0.730. The Kier molecular flexibility index (Phi) is 4.72. The average molecular weight is 286 g/mol. The number of ketones is 1. The van der Waals surface area contributed by atoms with Crippen molar-refractivity contribution >= 4 is 11.9 Å². The third-order valence-electron chi connectivity index (χ3n) is 2.98. The number of methoxy groups -OCH3 is 2. The number of benzene rings is 2. The first-order valence-corrected chi connectivity index (χ1v) is 6.34. The van der Waals surface area contributed by atoms with E-state index in [-0.39, 0.29) is 11.6 Å². The van der Waals surface area contributed by atoms with E-state index in [1.165, 1.54) is 30.3 Å². The number of hydrogen-bond donors (Lipinski definition) is 0. The second-order valence-electron chi connectivity index (χ2n) is 4.31. The van der Waals surface area contributed by atoms with Gasteiger partial charge in [-0.3, -0.25) is 4.79 Å². The molecule has 0 aromatic heterocycles. The van der Waals surface area contributed by atoms with Crippen LogP contribution in [-0.4, -0.2) is 20.0 Å². The molecule has 0 aliphatic heterocycles. The van der Waals surface area contributed by atoms with Crippen LogP contribution in [0.15, 0.2) is 48.5 Å². The van der Waals surface area contributed by atoms with Crippen molar-refractivity contribution in [3.63, 3.8) is 0 Å². The van der Waals surface area contributed by atoms with E-state index in [0.29, 0.717) is 17.1 Å². The molecule has 0 aliphatic carbocycles. The van der Waals surface area contributed by atoms with Gasteiger partial charge in [0.2, 0.25) is 0 Å². The molecule has 2 aromatic rings. The molecule has 3 nitrogen and oxygen atoms in total. The number of hydrogen-bond acceptors (Lipinski definition) is 3. The molecule has 2 aromatic carbocycles. The normalized spacial score (nSPS) is 10.6. The van der Waals surface area contributed by atoms with Crippen molar-refractivity contribution in [2.45, 2.75) is 0 Å². The molecular formula is C17H15FO3. The van der Waals surface area contributed by atoms with Crippen molar-refractivity contribution in [1.29, 1.82) is 0 Å². The van der Waals surface area contributed by atoms with E-state index >= 15 is 0 Å². The van der Waals surface area contributed by atoms with Crippen LogP contribution in [0.3, 0.4) is 0 Å². The van der Waals surface area contributed by atoms with Gasteiger partial charge in [0.25, 0.3) is 0 Å². The highest BCUT2D eigenvalue weighted by atomic mass is 19.1. The van der Waals surface area contributed by atoms with Crippen LogP contribution in [0.25, 0.3) is 6.08 Å². The molecule has 0 unspecified atom stereocenters. The Morgan fingerprint density at radius 1 is 1.05 bits per heavy atom. The van der Waals surface area contributed by atoms with Crippen LogP contribution in [0, 0.1) is 5.82 Å². The smallest absolute Gasteiger partial charge is 0.185 e. The van der Waals surface area contributed by atoms with E-state index < -0.39 is 0 Å². The lowest BCUT2D eigenvalue weighted by Crippen LogP contribution is -1.94. The molecule has 0 aliphatic rings. The number of halogens is 1. The van der Waals surface area contributed by atoms with E-state index in [0.717, 1.165) is 5.56 Å². The van der Waals surface area contributed by atoms with Crippen LogP contribution in [0.5, 0.6) is 11.5 Å². The van der Waals surface area contributed by atoms with Gasteiger partial charge in [-0.2, -0.15) is 0 Å². The summed E-state index contributed by atoms with van der Waals surface area (Å²) in [6.07, 6.45) is 3.07. The van der Waals surface area contributed by atoms with Crippen LogP contribution >= 0.6 is 0 Å². The minimum atomic E-state index is -0.370. The Morgan fingerprint density at radius 2 is 1.76 bits per heavy atom. The predicted octanol–water partition coefficient (Wildman–Crippen LogP) is 3.74. The fraction of sp³-hybridized carbons (Fsp3) is 0.118. The molecule has 108 valence electrons. The minimum Gasteiger partial charge on any atom is -0.497 e. The van der Waals surface area contributed by atoms with Crippen LogP contribution in [-0.2, 0) is 0 Å². The summed E-state index contributed by atoms with van der Waals surface area (Å²) < 4.78 is 23.2. The molecule has 4 heteroatoms. The topological polar surface area (TPSA) is 35.5 Å². The molecule has 0 spiro atoms. The number of ether oxygens (including phenoxy) is 2. The Balaban J connectivity index is 2.24. The highest BCUT2D eigenvalue weighted by Gasteiger charge is 2.05. The highest BCUT2D eigenvalue weighted by Crippen LogP contribution is 2.25. The van der Waals surface area contributed by atoms with Gasteiger partial charge in [0.05, 0.1) is 14.2 Å². The van der Waals surface area contributed by atoms with Gasteiger partial charge in [0.15, 0.2) is 5.78 Å². The third kappa shape index (κ3) is 3.69. The zero-order chi connectivity index (χ0) is 15.2. The molecule has 0 bridgehead atoms. The van der Waals surface area contributed by atoms with Crippen LogP contribution in [0.4, 0.5) is 4.39 Å². The summed E-state index contributed by atoms with van der Waals surface area (Å²) in [4.78, 5) is 12.0. The SMILES string of the molecule is COc1ccc(OC)c(/C=C/C(=O)c2ccc(F)cc2)c1. The lowest BCUT2D eigenvalue weighted by Gasteiger charge is -2.07. The van der Waals surface area contributed by atoms with Crippen molar-refractivity contribution in [2.24, 2.45) is 0 Å². The Bertz CT molecular complexity index is 660. The Morgan fingerprint density at radius 3 is 2.38 bits per heavy atom. The predicted molar refractivity (Wildman–Crippen MR) is 79.3 cm³/mol. The molecular weight excluding hydrogens is 271 g/mol. The number of rotatable bonds is 5. The van der Waals surface area contributed by atoms with Crippen molar-refractivity contribution in [3.05, 3.63) is 65.5 Å². The van der Waals surface area contributed by atoms with Gasteiger partial charge >= 0.3 is 0 Å². The van der Waals surface area contributed by atoms with E-state index in [1.54, 1.807) is 38.5 Å². The van der Waals surface area contributed by atoms with Crippen molar-refractivity contribution in [3.8, 4) is 11.5 Å². The molecule has 21 heavy (non-hydrogen) atoms.